The van der Waals surface area contributed by atoms with Gasteiger partial charge >= 0.3 is 23.9 Å². The van der Waals surface area contributed by atoms with E-state index in [4.69, 9.17) is 14.2 Å². The summed E-state index contributed by atoms with van der Waals surface area (Å²) in [6.45, 7) is 23.1. The number of nitrogens with one attached hydrogen (secondary N) is 2. The van der Waals surface area contributed by atoms with Crippen LogP contribution >= 0.6 is 0 Å². The van der Waals surface area contributed by atoms with Crippen molar-refractivity contribution in [3.05, 3.63) is 0 Å². The summed E-state index contributed by atoms with van der Waals surface area (Å²) in [4.78, 5) is 63.0. The summed E-state index contributed by atoms with van der Waals surface area (Å²) in [5.41, 5.74) is -2.58. The second-order valence-corrected chi connectivity index (χ2v) is 14.5. The summed E-state index contributed by atoms with van der Waals surface area (Å²) < 4.78 is 16.1. The van der Waals surface area contributed by atoms with E-state index >= 15 is 0 Å². The molecule has 0 radical (unpaired) electrons. The maximum absolute atomic E-state index is 13.0. The molecular formula is C30H54N2O8. The van der Waals surface area contributed by atoms with Crippen LogP contribution in [-0.2, 0) is 33.4 Å². The molecule has 0 unspecified atom stereocenters. The number of hydrogen-bond acceptors (Lipinski definition) is 8. The SMILES string of the molecule is C[C@@H](CCC(=O)CC[C@H](NC(=O)N[C@@H](CC(=O)OC(C)(C)C)C(=O)OC(C)(C)C)C(C)(C)C)C(=O)OC(C)(C)C. The molecule has 0 heterocycles. The molecule has 2 amide bonds. The average Bonchev–Trinajstić information content (AvgIpc) is 2.69. The smallest absolute Gasteiger partial charge is 0.329 e. The predicted octanol–water partition coefficient (Wildman–Crippen LogP) is 5.25. The third-order valence-electron chi connectivity index (χ3n) is 5.52. The molecule has 10 heteroatoms. The number of rotatable bonds is 12. The van der Waals surface area contributed by atoms with E-state index in [0.717, 1.165) is 0 Å². The van der Waals surface area contributed by atoms with Crippen molar-refractivity contribution >= 4 is 29.7 Å². The summed E-state index contributed by atoms with van der Waals surface area (Å²) >= 11 is 0. The quantitative estimate of drug-likeness (QED) is 0.240. The Kier molecular flexibility index (Phi) is 13.8. The van der Waals surface area contributed by atoms with E-state index in [-0.39, 0.29) is 24.6 Å². The monoisotopic (exact) mass is 570 g/mol. The van der Waals surface area contributed by atoms with Gasteiger partial charge in [0.1, 0.15) is 28.6 Å². The van der Waals surface area contributed by atoms with Gasteiger partial charge in [-0.15, -0.1) is 0 Å². The van der Waals surface area contributed by atoms with Crippen LogP contribution < -0.4 is 10.6 Å². The Morgan fingerprint density at radius 1 is 0.625 bits per heavy atom. The van der Waals surface area contributed by atoms with E-state index in [2.05, 4.69) is 10.6 Å². The highest BCUT2D eigenvalue weighted by molar-refractivity contribution is 5.88. The molecule has 0 aromatic heterocycles. The van der Waals surface area contributed by atoms with E-state index in [1.165, 1.54) is 0 Å². The third-order valence-corrected chi connectivity index (χ3v) is 5.52. The Labute approximate surface area is 241 Å². The molecule has 0 aliphatic heterocycles. The van der Waals surface area contributed by atoms with E-state index in [9.17, 15) is 24.0 Å². The number of hydrogen-bond donors (Lipinski definition) is 2. The third kappa shape index (κ3) is 17.8. The molecule has 40 heavy (non-hydrogen) atoms. The Balaban J connectivity index is 5.27. The number of urea groups is 1. The molecule has 0 spiro atoms. The van der Waals surface area contributed by atoms with Crippen LogP contribution in [0.4, 0.5) is 4.79 Å². The van der Waals surface area contributed by atoms with Crippen molar-refractivity contribution in [3.63, 3.8) is 0 Å². The van der Waals surface area contributed by atoms with Crippen LogP contribution in [0.5, 0.6) is 0 Å². The molecule has 0 aliphatic rings. The molecule has 0 aliphatic carbocycles. The van der Waals surface area contributed by atoms with Crippen LogP contribution in [0.2, 0.25) is 0 Å². The van der Waals surface area contributed by atoms with Crippen LogP contribution in [0, 0.1) is 11.3 Å². The van der Waals surface area contributed by atoms with E-state index in [0.29, 0.717) is 12.8 Å². The number of ether oxygens (including phenoxy) is 3. The molecule has 232 valence electrons. The molecule has 10 nitrogen and oxygen atoms in total. The van der Waals surface area contributed by atoms with E-state index in [1.807, 2.05) is 20.8 Å². The standard InChI is InChI=1S/C30H54N2O8/c1-19(24(35)39-29(8,9)10)14-15-20(33)16-17-22(27(2,3)4)32-26(37)31-21(25(36)40-30(11,12)13)18-23(34)38-28(5,6)7/h19,21-22H,14-18H2,1-13H3,(H2,31,32,37)/t19-,21-,22-/m0/s1. The van der Waals surface area contributed by atoms with Crippen molar-refractivity contribution in [1.82, 2.24) is 10.6 Å². The van der Waals surface area contributed by atoms with Gasteiger partial charge in [-0.1, -0.05) is 27.7 Å². The fourth-order valence-corrected chi connectivity index (χ4v) is 3.52. The van der Waals surface area contributed by atoms with Gasteiger partial charge in [0.05, 0.1) is 12.3 Å². The van der Waals surface area contributed by atoms with Gasteiger partial charge in [-0.3, -0.25) is 14.4 Å². The highest BCUT2D eigenvalue weighted by Gasteiger charge is 2.33. The van der Waals surface area contributed by atoms with Gasteiger partial charge < -0.3 is 24.8 Å². The molecule has 0 bridgehead atoms. The highest BCUT2D eigenvalue weighted by atomic mass is 16.6. The summed E-state index contributed by atoms with van der Waals surface area (Å²) in [5, 5.41) is 5.41. The minimum Gasteiger partial charge on any atom is -0.460 e. The molecule has 0 fully saturated rings. The van der Waals surface area contributed by atoms with Crippen molar-refractivity contribution in [1.29, 1.82) is 0 Å². The molecule has 0 rings (SSSR count). The molecule has 3 atom stereocenters. The fourth-order valence-electron chi connectivity index (χ4n) is 3.52. The normalized spacial score (nSPS) is 14.8. The summed E-state index contributed by atoms with van der Waals surface area (Å²) in [5.74, 6) is -2.17. The lowest BCUT2D eigenvalue weighted by Gasteiger charge is -2.32. The van der Waals surface area contributed by atoms with Gasteiger partial charge in [-0.05, 0) is 80.6 Å². The first-order chi connectivity index (χ1) is 17.8. The molecule has 0 aromatic rings. The zero-order valence-electron chi connectivity index (χ0n) is 27.0. The molecular weight excluding hydrogens is 516 g/mol. The lowest BCUT2D eigenvalue weighted by Crippen LogP contribution is -2.53. The maximum Gasteiger partial charge on any atom is 0.329 e. The van der Waals surface area contributed by atoms with Crippen molar-refractivity contribution < 1.29 is 38.2 Å². The molecule has 0 saturated carbocycles. The van der Waals surface area contributed by atoms with Gasteiger partial charge in [-0.2, -0.15) is 0 Å². The minimum atomic E-state index is -1.26. The van der Waals surface area contributed by atoms with Crippen LogP contribution in [0.15, 0.2) is 0 Å². The van der Waals surface area contributed by atoms with Crippen molar-refractivity contribution in [3.8, 4) is 0 Å². The molecule has 0 aromatic carbocycles. The number of carbonyl (C=O) groups excluding carboxylic acids is 5. The first-order valence-electron chi connectivity index (χ1n) is 14.1. The number of esters is 3. The van der Waals surface area contributed by atoms with Gasteiger partial charge in [0, 0.05) is 18.9 Å². The number of carbonyl (C=O) groups is 5. The summed E-state index contributed by atoms with van der Waals surface area (Å²) in [6.07, 6.45) is 0.772. The van der Waals surface area contributed by atoms with Crippen LogP contribution in [0.3, 0.4) is 0 Å². The van der Waals surface area contributed by atoms with Crippen LogP contribution in [0.1, 0.15) is 122 Å². The van der Waals surface area contributed by atoms with E-state index < -0.39 is 64.6 Å². The first-order valence-corrected chi connectivity index (χ1v) is 14.1. The fraction of sp³-hybridized carbons (Fsp3) is 0.833. The Morgan fingerprint density at radius 3 is 1.52 bits per heavy atom. The number of amides is 2. The van der Waals surface area contributed by atoms with Gasteiger partial charge in [-0.25, -0.2) is 9.59 Å². The lowest BCUT2D eigenvalue weighted by atomic mass is 9.83. The topological polar surface area (TPSA) is 137 Å². The van der Waals surface area contributed by atoms with Crippen molar-refractivity contribution in [2.24, 2.45) is 11.3 Å². The van der Waals surface area contributed by atoms with Gasteiger partial charge in [0.15, 0.2) is 0 Å². The largest absolute Gasteiger partial charge is 0.460 e. The maximum atomic E-state index is 13.0. The zero-order chi connectivity index (χ0) is 31.7. The van der Waals surface area contributed by atoms with Gasteiger partial charge in [0.2, 0.25) is 0 Å². The van der Waals surface area contributed by atoms with E-state index in [1.54, 1.807) is 69.2 Å². The Hall–Kier alpha value is -2.65. The number of ketones is 1. The van der Waals surface area contributed by atoms with Crippen molar-refractivity contribution in [2.75, 3.05) is 0 Å². The minimum absolute atomic E-state index is 0.0246. The Bertz CT molecular complexity index is 885. The zero-order valence-corrected chi connectivity index (χ0v) is 27.0. The second-order valence-electron chi connectivity index (χ2n) is 14.5. The first kappa shape index (κ1) is 37.4. The van der Waals surface area contributed by atoms with Crippen LogP contribution in [-0.4, -0.2) is 58.6 Å². The summed E-state index contributed by atoms with van der Waals surface area (Å²) in [7, 11) is 0. The lowest BCUT2D eigenvalue weighted by molar-refractivity contribution is -0.164. The summed E-state index contributed by atoms with van der Waals surface area (Å²) in [6, 6.07) is -2.34. The second kappa shape index (κ2) is 14.8. The van der Waals surface area contributed by atoms with Crippen molar-refractivity contribution in [2.45, 2.75) is 151 Å². The predicted molar refractivity (Wildman–Crippen MR) is 153 cm³/mol. The number of Topliss-reactive ketones (excluding diaryl/α,β-unsaturated/α-hetero) is 1. The van der Waals surface area contributed by atoms with Crippen LogP contribution in [0.25, 0.3) is 0 Å². The highest BCUT2D eigenvalue weighted by Crippen LogP contribution is 2.24. The Morgan fingerprint density at radius 2 is 1.07 bits per heavy atom. The molecule has 0 saturated heterocycles. The average molecular weight is 571 g/mol. The van der Waals surface area contributed by atoms with Gasteiger partial charge in [0.25, 0.3) is 0 Å². The molecule has 2 N–H and O–H groups in total.